The number of rotatable bonds is 24. The quantitative estimate of drug-likeness (QED) is 0.0273. The molecule has 0 heterocycles. The summed E-state index contributed by atoms with van der Waals surface area (Å²) >= 11 is 0. The topological polar surface area (TPSA) is 177 Å². The lowest BCUT2D eigenvalue weighted by molar-refractivity contribution is -0.138. The first-order valence-electron chi connectivity index (χ1n) is 13.5. The molecule has 15 heteroatoms. The Hall–Kier alpha value is -2.76. The molecule has 0 aliphatic rings. The Kier molecular flexibility index (Phi) is 19.6. The number of carbonyl (C=O) groups excluding carboxylic acids is 3. The minimum atomic E-state index is -3.91. The maximum Gasteiger partial charge on any atom is 0.407 e. The Bertz CT molecular complexity index is 950. The second-order valence-electron chi connectivity index (χ2n) is 8.51. The van der Waals surface area contributed by atoms with Crippen LogP contribution in [0.25, 0.3) is 0 Å². The van der Waals surface area contributed by atoms with Crippen LogP contribution in [0, 0.1) is 12.3 Å². The van der Waals surface area contributed by atoms with Crippen molar-refractivity contribution >= 4 is 25.6 Å². The number of terminal acetylenes is 1. The molecular weight excluding hydrogens is 575 g/mol. The summed E-state index contributed by atoms with van der Waals surface area (Å²) in [6.07, 6.45) is 6.04. The van der Waals surface area contributed by atoms with Crippen LogP contribution in [0.2, 0.25) is 0 Å². The first kappa shape index (κ1) is 39.2. The van der Waals surface area contributed by atoms with Crippen molar-refractivity contribution < 1.29 is 56.8 Å². The molecule has 1 amide bonds. The van der Waals surface area contributed by atoms with E-state index in [0.29, 0.717) is 0 Å². The van der Waals surface area contributed by atoms with E-state index in [1.165, 1.54) is 6.92 Å². The zero-order chi connectivity index (χ0) is 32.1. The third-order valence-electron chi connectivity index (χ3n) is 5.78. The van der Waals surface area contributed by atoms with Gasteiger partial charge in [-0.1, -0.05) is 32.9 Å². The summed E-state index contributed by atoms with van der Waals surface area (Å²) in [5.41, 5.74) is -1.49. The van der Waals surface area contributed by atoms with Gasteiger partial charge in [0.25, 0.3) is 0 Å². The number of aliphatic hydroxyl groups is 1. The van der Waals surface area contributed by atoms with Gasteiger partial charge in [-0.15, -0.1) is 6.42 Å². The molecule has 0 radical (unpaired) electrons. The number of nitrogens with one attached hydrogen (secondary N) is 2. The number of esters is 2. The number of alkyl carbamates (subject to hydrolysis) is 1. The van der Waals surface area contributed by atoms with Crippen LogP contribution in [0.15, 0.2) is 25.3 Å². The van der Waals surface area contributed by atoms with Crippen LogP contribution >= 0.6 is 7.60 Å². The second kappa shape index (κ2) is 21.0. The van der Waals surface area contributed by atoms with E-state index >= 15 is 0 Å². The van der Waals surface area contributed by atoms with E-state index in [9.17, 15) is 24.1 Å². The van der Waals surface area contributed by atoms with Gasteiger partial charge < -0.3 is 43.2 Å². The second-order valence-corrected chi connectivity index (χ2v) is 10.8. The minimum Gasteiger partial charge on any atom is -0.461 e. The van der Waals surface area contributed by atoms with Gasteiger partial charge in [0.1, 0.15) is 26.0 Å². The summed E-state index contributed by atoms with van der Waals surface area (Å²) in [4.78, 5) is 33.9. The van der Waals surface area contributed by atoms with Crippen LogP contribution in [0.4, 0.5) is 4.79 Å². The Morgan fingerprint density at radius 3 is 2.00 bits per heavy atom. The van der Waals surface area contributed by atoms with E-state index in [0.717, 1.165) is 12.2 Å². The maximum atomic E-state index is 13.9. The van der Waals surface area contributed by atoms with Gasteiger partial charge in [0.15, 0.2) is 10.9 Å². The van der Waals surface area contributed by atoms with E-state index in [1.807, 2.05) is 0 Å². The molecule has 0 aromatic rings. The predicted octanol–water partition coefficient (Wildman–Crippen LogP) is 2.27. The normalized spacial score (nSPS) is 14.8. The smallest absolute Gasteiger partial charge is 0.407 e. The molecule has 0 aliphatic carbocycles. The van der Waals surface area contributed by atoms with Crippen molar-refractivity contribution in [2.24, 2.45) is 0 Å². The van der Waals surface area contributed by atoms with Crippen molar-refractivity contribution in [3.05, 3.63) is 25.3 Å². The zero-order valence-electron chi connectivity index (χ0n) is 24.9. The number of hydrogen-bond donors (Lipinski definition) is 3. The molecule has 0 aromatic carbocycles. The van der Waals surface area contributed by atoms with Gasteiger partial charge in [-0.2, -0.15) is 0 Å². The number of aliphatic hydroxyl groups excluding tert-OH is 1. The van der Waals surface area contributed by atoms with Crippen molar-refractivity contribution in [2.45, 2.75) is 57.7 Å². The van der Waals surface area contributed by atoms with Crippen LogP contribution in [0.5, 0.6) is 0 Å². The Morgan fingerprint density at radius 1 is 0.905 bits per heavy atom. The van der Waals surface area contributed by atoms with Crippen molar-refractivity contribution in [1.82, 2.24) is 10.6 Å². The zero-order valence-corrected chi connectivity index (χ0v) is 25.8. The third kappa shape index (κ3) is 13.5. The predicted molar refractivity (Wildman–Crippen MR) is 153 cm³/mol. The van der Waals surface area contributed by atoms with Crippen LogP contribution in [-0.4, -0.2) is 99.6 Å². The molecule has 3 unspecified atom stereocenters. The third-order valence-corrected chi connectivity index (χ3v) is 8.66. The molecule has 240 valence electrons. The minimum absolute atomic E-state index is 0.0255. The summed E-state index contributed by atoms with van der Waals surface area (Å²) in [6.45, 7) is 12.7. The average molecular weight is 621 g/mol. The molecule has 0 saturated heterocycles. The molecule has 14 nitrogen and oxygen atoms in total. The lowest BCUT2D eigenvalue weighted by atomic mass is 10.1. The first-order valence-corrected chi connectivity index (χ1v) is 15.0. The SMILES string of the molecule is C#CC(C)(OCCOP(=O)(OCC)C(CC)(CC)OCCOC(=O)NCCOC(=O)C=C)C(O)NCCOC(=O)C=C. The average Bonchev–Trinajstić information content (AvgIpc) is 2.99. The molecule has 0 spiro atoms. The van der Waals surface area contributed by atoms with E-state index in [4.69, 9.17) is 39.2 Å². The van der Waals surface area contributed by atoms with Crippen LogP contribution < -0.4 is 10.6 Å². The molecule has 0 aliphatic heterocycles. The Morgan fingerprint density at radius 2 is 1.48 bits per heavy atom. The van der Waals surface area contributed by atoms with Crippen molar-refractivity contribution in [3.63, 3.8) is 0 Å². The largest absolute Gasteiger partial charge is 0.461 e. The van der Waals surface area contributed by atoms with Gasteiger partial charge in [0, 0.05) is 18.7 Å². The highest BCUT2D eigenvalue weighted by molar-refractivity contribution is 7.55. The highest BCUT2D eigenvalue weighted by atomic mass is 31.2. The van der Waals surface area contributed by atoms with Crippen LogP contribution in [0.3, 0.4) is 0 Å². The van der Waals surface area contributed by atoms with Crippen LogP contribution in [-0.2, 0) is 46.9 Å². The van der Waals surface area contributed by atoms with Gasteiger partial charge >= 0.3 is 25.6 Å². The van der Waals surface area contributed by atoms with Crippen LogP contribution in [0.1, 0.15) is 40.5 Å². The van der Waals surface area contributed by atoms with Crippen molar-refractivity contribution in [3.8, 4) is 12.3 Å². The molecule has 3 atom stereocenters. The van der Waals surface area contributed by atoms with Gasteiger partial charge in [-0.05, 0) is 26.7 Å². The first-order chi connectivity index (χ1) is 19.9. The van der Waals surface area contributed by atoms with Crippen molar-refractivity contribution in [2.75, 3.05) is 59.3 Å². The number of amides is 1. The molecule has 0 saturated carbocycles. The van der Waals surface area contributed by atoms with Gasteiger partial charge in [0.2, 0.25) is 0 Å². The number of hydrogen-bond acceptors (Lipinski definition) is 13. The molecule has 0 bridgehead atoms. The fourth-order valence-electron chi connectivity index (χ4n) is 3.36. The summed E-state index contributed by atoms with van der Waals surface area (Å²) in [7, 11) is -3.91. The molecule has 0 aromatic heterocycles. The highest BCUT2D eigenvalue weighted by Crippen LogP contribution is 2.63. The fourth-order valence-corrected chi connectivity index (χ4v) is 5.58. The summed E-state index contributed by atoms with van der Waals surface area (Å²) in [5.74, 6) is 1.16. The van der Waals surface area contributed by atoms with E-state index in [2.05, 4.69) is 29.7 Å². The Balaban J connectivity index is 4.97. The molecule has 42 heavy (non-hydrogen) atoms. The number of ether oxygens (including phenoxy) is 5. The van der Waals surface area contributed by atoms with Gasteiger partial charge in [-0.3, -0.25) is 9.88 Å². The van der Waals surface area contributed by atoms with E-state index in [-0.39, 0.29) is 72.2 Å². The van der Waals surface area contributed by atoms with Gasteiger partial charge in [-0.25, -0.2) is 14.4 Å². The maximum absolute atomic E-state index is 13.9. The summed E-state index contributed by atoms with van der Waals surface area (Å²) in [5, 5.41) is 14.2. The van der Waals surface area contributed by atoms with Gasteiger partial charge in [0.05, 0.1) is 33.0 Å². The Labute approximate surface area is 247 Å². The summed E-state index contributed by atoms with van der Waals surface area (Å²) in [6, 6.07) is 0. The lowest BCUT2D eigenvalue weighted by Gasteiger charge is -2.37. The van der Waals surface area contributed by atoms with E-state index in [1.54, 1.807) is 20.8 Å². The monoisotopic (exact) mass is 620 g/mol. The molecule has 0 fully saturated rings. The molecular formula is C27H45N2O12P. The molecule has 3 N–H and O–H groups in total. The summed E-state index contributed by atoms with van der Waals surface area (Å²) < 4.78 is 51.5. The van der Waals surface area contributed by atoms with Crippen molar-refractivity contribution in [1.29, 1.82) is 0 Å². The standard InChI is InChI=1S/C27H45N2O12P/c1-8-22(30)35-16-14-28-24(32)26(7,10-3)38-20-21-41-42(34,40-13-6)27(11-4,12-5)39-19-18-37-25(33)29-15-17-36-23(31)9-2/h3,8-9,24,28,32H,1-2,11-21H2,4-7H3,(H,29,33). The lowest BCUT2D eigenvalue weighted by Crippen LogP contribution is -2.51. The van der Waals surface area contributed by atoms with E-state index < -0.39 is 42.8 Å². The molecule has 0 rings (SSSR count). The number of carbonyl (C=O) groups is 3. The highest BCUT2D eigenvalue weighted by Gasteiger charge is 2.50. The fraction of sp³-hybridized carbons (Fsp3) is 0.667.